The fourth-order valence-corrected chi connectivity index (χ4v) is 1.74. The van der Waals surface area contributed by atoms with Crippen LogP contribution >= 0.6 is 11.6 Å². The second-order valence-electron chi connectivity index (χ2n) is 3.18. The van der Waals surface area contributed by atoms with Crippen LogP contribution in [0, 0.1) is 5.92 Å². The third-order valence-electron chi connectivity index (χ3n) is 2.13. The highest BCUT2D eigenvalue weighted by molar-refractivity contribution is 6.31. The van der Waals surface area contributed by atoms with Crippen molar-refractivity contribution in [3.63, 3.8) is 0 Å². The number of hydrogen-bond donors (Lipinski definition) is 0. The van der Waals surface area contributed by atoms with Gasteiger partial charge in [0.25, 0.3) is 0 Å². The van der Waals surface area contributed by atoms with Crippen molar-refractivity contribution < 1.29 is 9.53 Å². The van der Waals surface area contributed by atoms with Crippen LogP contribution in [0.2, 0.25) is 0 Å². The Balaban J connectivity index is 2.33. The first-order valence-electron chi connectivity index (χ1n) is 4.11. The van der Waals surface area contributed by atoms with Crippen LogP contribution in [0.3, 0.4) is 0 Å². The Labute approximate surface area is 81.5 Å². The first-order valence-corrected chi connectivity index (χ1v) is 4.49. The highest BCUT2D eigenvalue weighted by Crippen LogP contribution is 2.28. The Hall–Kier alpha value is -1.02. The fourth-order valence-electron chi connectivity index (χ4n) is 1.53. The van der Waals surface area contributed by atoms with Gasteiger partial charge in [0.05, 0.1) is 11.7 Å². The van der Waals surface area contributed by atoms with Crippen molar-refractivity contribution in [2.45, 2.75) is 13.0 Å². The van der Waals surface area contributed by atoms with E-state index in [2.05, 4.69) is 0 Å². The molecule has 0 aromatic carbocycles. The largest absolute Gasteiger partial charge is 0.490 e. The van der Waals surface area contributed by atoms with E-state index in [4.69, 9.17) is 16.3 Å². The quantitative estimate of drug-likeness (QED) is 0.594. The Morgan fingerprint density at radius 1 is 1.54 bits per heavy atom. The molecule has 1 aliphatic heterocycles. The molecule has 0 aromatic heterocycles. The minimum Gasteiger partial charge on any atom is -0.490 e. The van der Waals surface area contributed by atoms with Gasteiger partial charge in [-0.15, -0.1) is 0 Å². The summed E-state index contributed by atoms with van der Waals surface area (Å²) in [6.07, 6.45) is 6.66. The van der Waals surface area contributed by atoms with Gasteiger partial charge in [0.2, 0.25) is 0 Å². The molecule has 0 fully saturated rings. The summed E-state index contributed by atoms with van der Waals surface area (Å²) >= 11 is 5.78. The zero-order chi connectivity index (χ0) is 9.42. The maximum atomic E-state index is 11.5. The molecule has 2 nitrogen and oxygen atoms in total. The van der Waals surface area contributed by atoms with Crippen LogP contribution in [-0.2, 0) is 9.53 Å². The van der Waals surface area contributed by atoms with Crippen molar-refractivity contribution in [1.82, 2.24) is 0 Å². The van der Waals surface area contributed by atoms with Crippen LogP contribution in [0.25, 0.3) is 0 Å². The molecule has 0 N–H and O–H groups in total. The second kappa shape index (κ2) is 3.04. The molecule has 13 heavy (non-hydrogen) atoms. The van der Waals surface area contributed by atoms with Gasteiger partial charge in [0, 0.05) is 11.1 Å². The third kappa shape index (κ3) is 1.54. The van der Waals surface area contributed by atoms with E-state index in [1.54, 1.807) is 19.1 Å². The first kappa shape index (κ1) is 8.57. The Morgan fingerprint density at radius 3 is 3.08 bits per heavy atom. The average molecular weight is 197 g/mol. The van der Waals surface area contributed by atoms with E-state index < -0.39 is 0 Å². The number of fused-ring (bicyclic) bond motifs is 1. The minimum absolute atomic E-state index is 0.0660. The number of allylic oxidation sites excluding steroid dienone is 4. The van der Waals surface area contributed by atoms with Gasteiger partial charge in [-0.25, -0.2) is 0 Å². The third-order valence-corrected chi connectivity index (χ3v) is 2.39. The maximum absolute atomic E-state index is 11.5. The Bertz CT molecular complexity index is 339. The predicted molar refractivity (Wildman–Crippen MR) is 50.2 cm³/mol. The predicted octanol–water partition coefficient (Wildman–Crippen LogP) is 2.17. The molecule has 2 rings (SSSR count). The zero-order valence-electron chi connectivity index (χ0n) is 7.16. The van der Waals surface area contributed by atoms with Gasteiger partial charge in [-0.2, -0.15) is 0 Å². The number of halogens is 1. The standard InChI is InChI=1S/C10H9ClO2/c1-6-4-9(12)8-5-7(11)2-3-10(8)13-6/h2-5,8,10H,1H3. The van der Waals surface area contributed by atoms with Gasteiger partial charge < -0.3 is 4.74 Å². The maximum Gasteiger partial charge on any atom is 0.169 e. The molecule has 0 radical (unpaired) electrons. The highest BCUT2D eigenvalue weighted by atomic mass is 35.5. The van der Waals surface area contributed by atoms with E-state index in [0.717, 1.165) is 0 Å². The number of ether oxygens (including phenoxy) is 1. The van der Waals surface area contributed by atoms with Crippen LogP contribution in [0.4, 0.5) is 0 Å². The SMILES string of the molecule is CC1=CC(=O)C2C=C(Cl)C=CC2O1. The molecule has 3 heteroatoms. The molecule has 68 valence electrons. The summed E-state index contributed by atoms with van der Waals surface area (Å²) in [6.45, 7) is 1.78. The first-order chi connectivity index (χ1) is 6.16. The minimum atomic E-state index is -0.235. The van der Waals surface area contributed by atoms with Gasteiger partial charge in [-0.3, -0.25) is 4.79 Å². The van der Waals surface area contributed by atoms with E-state index >= 15 is 0 Å². The topological polar surface area (TPSA) is 26.3 Å². The molecule has 2 unspecified atom stereocenters. The molecular weight excluding hydrogens is 188 g/mol. The van der Waals surface area contributed by atoms with Gasteiger partial charge in [0.1, 0.15) is 6.10 Å². The van der Waals surface area contributed by atoms with Crippen LogP contribution in [0.5, 0.6) is 0 Å². The molecular formula is C10H9ClO2. The molecule has 0 saturated heterocycles. The number of rotatable bonds is 0. The van der Waals surface area contributed by atoms with Crippen LogP contribution < -0.4 is 0 Å². The van der Waals surface area contributed by atoms with Crippen molar-refractivity contribution in [3.05, 3.63) is 35.1 Å². The highest BCUT2D eigenvalue weighted by Gasteiger charge is 2.31. The normalized spacial score (nSPS) is 31.7. The smallest absolute Gasteiger partial charge is 0.169 e. The Morgan fingerprint density at radius 2 is 2.31 bits per heavy atom. The Kier molecular flexibility index (Phi) is 2.00. The van der Waals surface area contributed by atoms with Crippen molar-refractivity contribution in [2.24, 2.45) is 5.92 Å². The van der Waals surface area contributed by atoms with Crippen LogP contribution in [0.15, 0.2) is 35.1 Å². The monoisotopic (exact) mass is 196 g/mol. The summed E-state index contributed by atoms with van der Waals surface area (Å²) in [5.74, 6) is 0.500. The summed E-state index contributed by atoms with van der Waals surface area (Å²) in [5.41, 5.74) is 0. The van der Waals surface area contributed by atoms with E-state index in [1.807, 2.05) is 6.08 Å². The lowest BCUT2D eigenvalue weighted by atomic mass is 9.91. The summed E-state index contributed by atoms with van der Waals surface area (Å²) < 4.78 is 5.46. The molecule has 0 bridgehead atoms. The fraction of sp³-hybridized carbons (Fsp3) is 0.300. The number of carbonyl (C=O) groups excluding carboxylic acids is 1. The zero-order valence-corrected chi connectivity index (χ0v) is 7.91. The van der Waals surface area contributed by atoms with E-state index in [1.165, 1.54) is 6.08 Å². The molecule has 2 aliphatic rings. The summed E-state index contributed by atoms with van der Waals surface area (Å²) in [5, 5.41) is 0.603. The average Bonchev–Trinajstić information content (AvgIpc) is 2.06. The van der Waals surface area contributed by atoms with Gasteiger partial charge in [0.15, 0.2) is 5.78 Å². The molecule has 0 spiro atoms. The lowest BCUT2D eigenvalue weighted by molar-refractivity contribution is -0.121. The van der Waals surface area contributed by atoms with E-state index in [0.29, 0.717) is 10.8 Å². The van der Waals surface area contributed by atoms with Crippen molar-refractivity contribution in [1.29, 1.82) is 0 Å². The second-order valence-corrected chi connectivity index (χ2v) is 3.61. The lowest BCUT2D eigenvalue weighted by Crippen LogP contribution is -2.31. The number of hydrogen-bond acceptors (Lipinski definition) is 2. The molecule has 1 heterocycles. The molecule has 0 amide bonds. The van der Waals surface area contributed by atoms with Gasteiger partial charge in [-0.1, -0.05) is 17.7 Å². The molecule has 0 aromatic rings. The summed E-state index contributed by atoms with van der Waals surface area (Å²) in [4.78, 5) is 11.5. The van der Waals surface area contributed by atoms with Crippen LogP contribution in [0.1, 0.15) is 6.92 Å². The van der Waals surface area contributed by atoms with Crippen molar-refractivity contribution in [3.8, 4) is 0 Å². The van der Waals surface area contributed by atoms with Gasteiger partial charge in [-0.05, 0) is 19.1 Å². The lowest BCUT2D eigenvalue weighted by Gasteiger charge is -2.28. The van der Waals surface area contributed by atoms with E-state index in [9.17, 15) is 4.79 Å². The molecule has 2 atom stereocenters. The van der Waals surface area contributed by atoms with Gasteiger partial charge >= 0.3 is 0 Å². The molecule has 0 saturated carbocycles. The van der Waals surface area contributed by atoms with Crippen molar-refractivity contribution >= 4 is 17.4 Å². The number of carbonyl (C=O) groups is 1. The van der Waals surface area contributed by atoms with E-state index in [-0.39, 0.29) is 17.8 Å². The van der Waals surface area contributed by atoms with Crippen LogP contribution in [-0.4, -0.2) is 11.9 Å². The van der Waals surface area contributed by atoms with Crippen molar-refractivity contribution in [2.75, 3.05) is 0 Å². The molecule has 1 aliphatic carbocycles. The summed E-state index contributed by atoms with van der Waals surface area (Å²) in [6, 6.07) is 0. The summed E-state index contributed by atoms with van der Waals surface area (Å²) in [7, 11) is 0. The number of ketones is 1.